The Bertz CT molecular complexity index is 562. The molecule has 0 nitrogen and oxygen atoms in total. The molecule has 0 radical (unpaired) electrons. The molecule has 0 bridgehead atoms. The van der Waals surface area contributed by atoms with Crippen molar-refractivity contribution in [2.45, 2.75) is 6.92 Å². The Morgan fingerprint density at radius 2 is 1.72 bits per heavy atom. The third-order valence-electron chi connectivity index (χ3n) is 2.50. The SMILES string of the molecule is C/C(=C(/Cl)[Se]c1ccccc1)c1cccc(Cl)c1. The number of halogens is 2. The van der Waals surface area contributed by atoms with Crippen LogP contribution in [0.15, 0.2) is 58.5 Å². The Hall–Kier alpha value is -0.721. The maximum absolute atomic E-state index is 6.42. The van der Waals surface area contributed by atoms with E-state index in [0.717, 1.165) is 20.1 Å². The standard InChI is InChI=1S/C15H12Cl2Se/c1-11(12-6-5-7-13(16)10-12)15(17)18-14-8-3-2-4-9-14/h2-10H,1H3/b15-11+. The first-order valence-electron chi connectivity index (χ1n) is 5.52. The zero-order chi connectivity index (χ0) is 13.0. The molecule has 0 spiro atoms. The van der Waals surface area contributed by atoms with Crippen molar-refractivity contribution in [3.63, 3.8) is 0 Å². The summed E-state index contributed by atoms with van der Waals surface area (Å²) in [6.07, 6.45) is 0. The van der Waals surface area contributed by atoms with E-state index in [1.165, 1.54) is 4.46 Å². The van der Waals surface area contributed by atoms with Crippen molar-refractivity contribution in [3.8, 4) is 0 Å². The minimum atomic E-state index is 0.148. The van der Waals surface area contributed by atoms with Gasteiger partial charge in [-0.25, -0.2) is 0 Å². The van der Waals surface area contributed by atoms with E-state index in [4.69, 9.17) is 23.2 Å². The van der Waals surface area contributed by atoms with Gasteiger partial charge in [-0.15, -0.1) is 0 Å². The first-order chi connectivity index (χ1) is 8.66. The number of benzene rings is 2. The molecule has 0 aliphatic heterocycles. The van der Waals surface area contributed by atoms with Crippen LogP contribution in [0.1, 0.15) is 12.5 Å². The average Bonchev–Trinajstić information content (AvgIpc) is 2.39. The van der Waals surface area contributed by atoms with Gasteiger partial charge < -0.3 is 0 Å². The molecule has 0 amide bonds. The Morgan fingerprint density at radius 3 is 2.39 bits per heavy atom. The molecule has 0 unspecified atom stereocenters. The molecule has 0 saturated carbocycles. The van der Waals surface area contributed by atoms with E-state index in [1.807, 2.05) is 49.4 Å². The van der Waals surface area contributed by atoms with Crippen LogP contribution < -0.4 is 4.46 Å². The quantitative estimate of drug-likeness (QED) is 0.730. The van der Waals surface area contributed by atoms with Crippen molar-refractivity contribution < 1.29 is 0 Å². The summed E-state index contributed by atoms with van der Waals surface area (Å²) in [7, 11) is 0. The third kappa shape index (κ3) is 3.63. The molecule has 0 aromatic heterocycles. The van der Waals surface area contributed by atoms with E-state index >= 15 is 0 Å². The zero-order valence-corrected chi connectivity index (χ0v) is 13.1. The predicted molar refractivity (Wildman–Crippen MR) is 81.7 cm³/mol. The molecule has 0 aliphatic rings. The number of allylic oxidation sites excluding steroid dienone is 1. The van der Waals surface area contributed by atoms with Crippen LogP contribution in [-0.4, -0.2) is 15.0 Å². The summed E-state index contributed by atoms with van der Waals surface area (Å²) in [6, 6.07) is 18.1. The summed E-state index contributed by atoms with van der Waals surface area (Å²) in [5.74, 6) is 0. The molecule has 2 rings (SSSR count). The first kappa shape index (κ1) is 13.7. The van der Waals surface area contributed by atoms with Crippen LogP contribution in [0.25, 0.3) is 5.57 Å². The average molecular weight is 342 g/mol. The molecule has 0 aliphatic carbocycles. The van der Waals surface area contributed by atoms with Crippen LogP contribution in [0.5, 0.6) is 0 Å². The molecule has 3 heteroatoms. The van der Waals surface area contributed by atoms with Gasteiger partial charge in [0.2, 0.25) is 0 Å². The molecule has 0 N–H and O–H groups in total. The maximum atomic E-state index is 6.42. The van der Waals surface area contributed by atoms with Crippen molar-refractivity contribution in [1.82, 2.24) is 0 Å². The van der Waals surface area contributed by atoms with E-state index in [2.05, 4.69) is 12.1 Å². The van der Waals surface area contributed by atoms with E-state index in [1.54, 1.807) is 0 Å². The monoisotopic (exact) mass is 342 g/mol. The van der Waals surface area contributed by atoms with Gasteiger partial charge in [0, 0.05) is 0 Å². The molecule has 92 valence electrons. The molecule has 0 atom stereocenters. The first-order valence-corrected chi connectivity index (χ1v) is 7.99. The van der Waals surface area contributed by atoms with Gasteiger partial charge in [0.05, 0.1) is 0 Å². The topological polar surface area (TPSA) is 0 Å². The Kier molecular flexibility index (Phi) is 4.91. The van der Waals surface area contributed by atoms with Crippen LogP contribution >= 0.6 is 23.2 Å². The molecule has 0 heterocycles. The van der Waals surface area contributed by atoms with Crippen LogP contribution in [0, 0.1) is 0 Å². The summed E-state index contributed by atoms with van der Waals surface area (Å²) in [5, 5.41) is 0.739. The summed E-state index contributed by atoms with van der Waals surface area (Å²) in [5.41, 5.74) is 2.19. The van der Waals surface area contributed by atoms with Gasteiger partial charge in [-0.1, -0.05) is 0 Å². The molecular formula is C15H12Cl2Se. The van der Waals surface area contributed by atoms with Gasteiger partial charge in [0.25, 0.3) is 0 Å². The van der Waals surface area contributed by atoms with Crippen molar-refractivity contribution in [2.24, 2.45) is 0 Å². The van der Waals surface area contributed by atoms with Crippen LogP contribution in [-0.2, 0) is 0 Å². The van der Waals surface area contributed by atoms with Crippen molar-refractivity contribution in [2.75, 3.05) is 0 Å². The van der Waals surface area contributed by atoms with Gasteiger partial charge >= 0.3 is 124 Å². The van der Waals surface area contributed by atoms with Gasteiger partial charge in [-0.05, 0) is 0 Å². The van der Waals surface area contributed by atoms with Gasteiger partial charge in [-0.3, -0.25) is 0 Å². The fraction of sp³-hybridized carbons (Fsp3) is 0.0667. The van der Waals surface area contributed by atoms with Crippen LogP contribution in [0.2, 0.25) is 5.02 Å². The van der Waals surface area contributed by atoms with Crippen molar-refractivity contribution in [3.05, 3.63) is 69.1 Å². The summed E-state index contributed by atoms with van der Waals surface area (Å²) < 4.78 is 2.19. The fourth-order valence-electron chi connectivity index (χ4n) is 1.50. The normalized spacial score (nSPS) is 12.2. The van der Waals surface area contributed by atoms with Gasteiger partial charge in [0.15, 0.2) is 0 Å². The van der Waals surface area contributed by atoms with E-state index < -0.39 is 0 Å². The minimum absolute atomic E-state index is 0.148. The Labute approximate surface area is 124 Å². The molecule has 0 saturated heterocycles. The van der Waals surface area contributed by atoms with Crippen LogP contribution in [0.4, 0.5) is 0 Å². The second-order valence-electron chi connectivity index (χ2n) is 3.82. The van der Waals surface area contributed by atoms with Gasteiger partial charge in [0.1, 0.15) is 0 Å². The summed E-state index contributed by atoms with van der Waals surface area (Å²) in [4.78, 5) is 0. The molecule has 2 aromatic carbocycles. The molecule has 0 fully saturated rings. The fourth-order valence-corrected chi connectivity index (χ4v) is 3.88. The van der Waals surface area contributed by atoms with E-state index in [-0.39, 0.29) is 15.0 Å². The molecular weight excluding hydrogens is 330 g/mol. The summed E-state index contributed by atoms with van der Waals surface area (Å²) >= 11 is 12.6. The number of hydrogen-bond acceptors (Lipinski definition) is 0. The zero-order valence-electron chi connectivity index (χ0n) is 9.86. The number of rotatable bonds is 3. The number of hydrogen-bond donors (Lipinski definition) is 0. The Morgan fingerprint density at radius 1 is 1.00 bits per heavy atom. The summed E-state index contributed by atoms with van der Waals surface area (Å²) in [6.45, 7) is 2.04. The van der Waals surface area contributed by atoms with Crippen molar-refractivity contribution in [1.29, 1.82) is 0 Å². The predicted octanol–water partition coefficient (Wildman–Crippen LogP) is 4.30. The second-order valence-corrected chi connectivity index (χ2v) is 7.42. The van der Waals surface area contributed by atoms with E-state index in [0.29, 0.717) is 0 Å². The van der Waals surface area contributed by atoms with Crippen molar-refractivity contribution >= 4 is 48.2 Å². The second kappa shape index (κ2) is 6.45. The van der Waals surface area contributed by atoms with Gasteiger partial charge in [-0.2, -0.15) is 0 Å². The van der Waals surface area contributed by atoms with Crippen LogP contribution in [0.3, 0.4) is 0 Å². The Balaban J connectivity index is 2.25. The van der Waals surface area contributed by atoms with E-state index in [9.17, 15) is 0 Å². The molecule has 18 heavy (non-hydrogen) atoms. The molecule has 2 aromatic rings. The third-order valence-corrected chi connectivity index (χ3v) is 5.51.